The Kier molecular flexibility index (Phi) is 4.63. The Bertz CT molecular complexity index is 811. The molecule has 0 aliphatic carbocycles. The lowest BCUT2D eigenvalue weighted by atomic mass is 10.1. The van der Waals surface area contributed by atoms with Crippen molar-refractivity contribution in [1.82, 2.24) is 9.38 Å². The summed E-state index contributed by atoms with van der Waals surface area (Å²) in [6.45, 7) is 0. The smallest absolute Gasteiger partial charge is 0.313 e. The molecule has 2 N–H and O–H groups in total. The van der Waals surface area contributed by atoms with E-state index in [-0.39, 0.29) is 17.4 Å². The number of aromatic nitrogens is 2. The van der Waals surface area contributed by atoms with Crippen LogP contribution in [-0.4, -0.2) is 37.9 Å². The second kappa shape index (κ2) is 6.84. The normalized spacial score (nSPS) is 10.8. The molecule has 3 aromatic rings. The number of benzene rings is 1. The number of amides is 1. The van der Waals surface area contributed by atoms with Crippen molar-refractivity contribution in [3.63, 3.8) is 0 Å². The maximum Gasteiger partial charge on any atom is 0.313 e. The Morgan fingerprint density at radius 3 is 2.74 bits per heavy atom. The molecule has 0 radical (unpaired) electrons. The largest absolute Gasteiger partial charge is 0.481 e. The third-order valence-corrected chi connectivity index (χ3v) is 4.70. The zero-order valence-corrected chi connectivity index (χ0v) is 13.6. The fourth-order valence-corrected chi connectivity index (χ4v) is 3.25. The molecule has 3 rings (SSSR count). The Balaban J connectivity index is 1.61. The van der Waals surface area contributed by atoms with Crippen LogP contribution in [0.15, 0.2) is 42.0 Å². The number of carboxylic acids is 1. The molecule has 0 aliphatic heterocycles. The summed E-state index contributed by atoms with van der Waals surface area (Å²) < 4.78 is 1.97. The Morgan fingerprint density at radius 1 is 1.26 bits per heavy atom. The number of nitrogens with one attached hydrogen (secondary N) is 1. The Hall–Kier alpha value is -2.32. The van der Waals surface area contributed by atoms with E-state index in [4.69, 9.17) is 5.11 Å². The van der Waals surface area contributed by atoms with E-state index < -0.39 is 5.97 Å². The first-order valence-corrected chi connectivity index (χ1v) is 8.77. The SMILES string of the molecule is O=C(O)CSCC(=O)Nc1ccc(-c2cn3ccsc3n2)cc1. The van der Waals surface area contributed by atoms with Crippen molar-refractivity contribution in [2.24, 2.45) is 0 Å². The van der Waals surface area contributed by atoms with Gasteiger partial charge in [0.1, 0.15) is 0 Å². The maximum atomic E-state index is 11.7. The highest BCUT2D eigenvalue weighted by Gasteiger charge is 2.07. The van der Waals surface area contributed by atoms with E-state index in [2.05, 4.69) is 10.3 Å². The number of carboxylic acid groups (broad SMARTS) is 1. The molecule has 0 atom stereocenters. The van der Waals surface area contributed by atoms with Gasteiger partial charge in [-0.2, -0.15) is 0 Å². The first kappa shape index (κ1) is 15.6. The molecule has 0 bridgehead atoms. The molecular formula is C15H13N3O3S2. The zero-order chi connectivity index (χ0) is 16.2. The number of thiazole rings is 1. The van der Waals surface area contributed by atoms with E-state index in [1.54, 1.807) is 11.3 Å². The van der Waals surface area contributed by atoms with Gasteiger partial charge in [0.15, 0.2) is 4.96 Å². The van der Waals surface area contributed by atoms with Crippen molar-refractivity contribution in [2.75, 3.05) is 16.8 Å². The minimum atomic E-state index is -0.924. The van der Waals surface area contributed by atoms with Crippen molar-refractivity contribution in [2.45, 2.75) is 0 Å². The second-order valence-corrected chi connectivity index (χ2v) is 6.59. The van der Waals surface area contributed by atoms with Gasteiger partial charge in [-0.25, -0.2) is 4.98 Å². The molecule has 8 heteroatoms. The number of hydrogen-bond acceptors (Lipinski definition) is 5. The monoisotopic (exact) mass is 347 g/mol. The van der Waals surface area contributed by atoms with Crippen molar-refractivity contribution < 1.29 is 14.7 Å². The van der Waals surface area contributed by atoms with Crippen LogP contribution in [0, 0.1) is 0 Å². The molecule has 2 heterocycles. The minimum absolute atomic E-state index is 0.0796. The Labute approximate surface area is 140 Å². The summed E-state index contributed by atoms with van der Waals surface area (Å²) in [6.07, 6.45) is 3.92. The second-order valence-electron chi connectivity index (χ2n) is 4.73. The van der Waals surface area contributed by atoms with E-state index in [0.717, 1.165) is 28.0 Å². The topological polar surface area (TPSA) is 83.7 Å². The highest BCUT2D eigenvalue weighted by molar-refractivity contribution is 8.00. The van der Waals surface area contributed by atoms with Crippen molar-refractivity contribution >= 4 is 45.6 Å². The lowest BCUT2D eigenvalue weighted by Crippen LogP contribution is -2.15. The van der Waals surface area contributed by atoms with Crippen LogP contribution in [0.3, 0.4) is 0 Å². The molecule has 23 heavy (non-hydrogen) atoms. The first-order valence-electron chi connectivity index (χ1n) is 6.74. The summed E-state index contributed by atoms with van der Waals surface area (Å²) in [5.74, 6) is -1.10. The molecular weight excluding hydrogens is 334 g/mol. The van der Waals surface area contributed by atoms with Crippen LogP contribution in [0.2, 0.25) is 0 Å². The number of nitrogens with zero attached hydrogens (tertiary/aromatic N) is 2. The van der Waals surface area contributed by atoms with Gasteiger partial charge in [-0.1, -0.05) is 12.1 Å². The third kappa shape index (κ3) is 3.91. The number of carbonyl (C=O) groups is 2. The van der Waals surface area contributed by atoms with E-state index in [1.165, 1.54) is 0 Å². The van der Waals surface area contributed by atoms with Crippen LogP contribution < -0.4 is 5.32 Å². The number of anilines is 1. The number of aliphatic carboxylic acids is 1. The van der Waals surface area contributed by atoms with Gasteiger partial charge in [0.25, 0.3) is 0 Å². The summed E-state index contributed by atoms with van der Waals surface area (Å²) in [5.41, 5.74) is 2.53. The van der Waals surface area contributed by atoms with Crippen molar-refractivity contribution in [3.05, 3.63) is 42.0 Å². The molecule has 118 valence electrons. The highest BCUT2D eigenvalue weighted by atomic mass is 32.2. The summed E-state index contributed by atoms with van der Waals surface area (Å²) in [5, 5.41) is 13.3. The average Bonchev–Trinajstić information content (AvgIpc) is 3.09. The number of rotatable bonds is 6. The van der Waals surface area contributed by atoms with E-state index in [9.17, 15) is 9.59 Å². The summed E-state index contributed by atoms with van der Waals surface area (Å²) in [6, 6.07) is 7.41. The molecule has 0 aliphatic rings. The molecule has 1 amide bonds. The number of imidazole rings is 1. The lowest BCUT2D eigenvalue weighted by Gasteiger charge is -2.05. The quantitative estimate of drug-likeness (QED) is 0.716. The van der Waals surface area contributed by atoms with Gasteiger partial charge in [-0.3, -0.25) is 14.0 Å². The molecule has 0 spiro atoms. The van der Waals surface area contributed by atoms with Crippen LogP contribution in [0.25, 0.3) is 16.2 Å². The van der Waals surface area contributed by atoms with Gasteiger partial charge in [-0.15, -0.1) is 23.1 Å². The van der Waals surface area contributed by atoms with Crippen LogP contribution >= 0.6 is 23.1 Å². The number of fused-ring (bicyclic) bond motifs is 1. The molecule has 6 nitrogen and oxygen atoms in total. The summed E-state index contributed by atoms with van der Waals surface area (Å²) >= 11 is 2.64. The van der Waals surface area contributed by atoms with E-state index in [1.807, 2.05) is 46.4 Å². The molecule has 2 aromatic heterocycles. The first-order chi connectivity index (χ1) is 11.1. The van der Waals surface area contributed by atoms with Crippen molar-refractivity contribution in [3.8, 4) is 11.3 Å². The summed E-state index contributed by atoms with van der Waals surface area (Å²) in [4.78, 5) is 27.6. The van der Waals surface area contributed by atoms with Crippen LogP contribution in [-0.2, 0) is 9.59 Å². The summed E-state index contributed by atoms with van der Waals surface area (Å²) in [7, 11) is 0. The van der Waals surface area contributed by atoms with Gasteiger partial charge < -0.3 is 10.4 Å². The zero-order valence-electron chi connectivity index (χ0n) is 11.9. The predicted octanol–water partition coefficient (Wildman–Crippen LogP) is 2.82. The highest BCUT2D eigenvalue weighted by Crippen LogP contribution is 2.23. The van der Waals surface area contributed by atoms with Crippen LogP contribution in [0.5, 0.6) is 0 Å². The fourth-order valence-electron chi connectivity index (χ4n) is 2.02. The van der Waals surface area contributed by atoms with Gasteiger partial charge >= 0.3 is 5.97 Å². The Morgan fingerprint density at radius 2 is 2.04 bits per heavy atom. The molecule has 0 fully saturated rings. The number of hydrogen-bond donors (Lipinski definition) is 2. The molecule has 1 aromatic carbocycles. The number of thioether (sulfide) groups is 1. The van der Waals surface area contributed by atoms with Gasteiger partial charge in [0, 0.05) is 29.0 Å². The van der Waals surface area contributed by atoms with Gasteiger partial charge in [-0.05, 0) is 12.1 Å². The fraction of sp³-hybridized carbons (Fsp3) is 0.133. The van der Waals surface area contributed by atoms with Crippen LogP contribution in [0.4, 0.5) is 5.69 Å². The van der Waals surface area contributed by atoms with E-state index in [0.29, 0.717) is 5.69 Å². The molecule has 0 saturated heterocycles. The standard InChI is InChI=1S/C15H13N3O3S2/c19-13(8-22-9-14(20)21)16-11-3-1-10(2-4-11)12-7-18-5-6-23-15(18)17-12/h1-7H,8-9H2,(H,16,19)(H,20,21). The van der Waals surface area contributed by atoms with Crippen molar-refractivity contribution in [1.29, 1.82) is 0 Å². The van der Waals surface area contributed by atoms with Gasteiger partial charge in [0.2, 0.25) is 5.91 Å². The third-order valence-electron chi connectivity index (χ3n) is 3.02. The lowest BCUT2D eigenvalue weighted by molar-refractivity contribution is -0.133. The minimum Gasteiger partial charge on any atom is -0.481 e. The van der Waals surface area contributed by atoms with E-state index >= 15 is 0 Å². The van der Waals surface area contributed by atoms with Crippen LogP contribution in [0.1, 0.15) is 0 Å². The van der Waals surface area contributed by atoms with Gasteiger partial charge in [0.05, 0.1) is 17.2 Å². The molecule has 0 saturated carbocycles. The number of carbonyl (C=O) groups excluding carboxylic acids is 1. The molecule has 0 unspecified atom stereocenters. The predicted molar refractivity (Wildman–Crippen MR) is 92.1 cm³/mol. The average molecular weight is 347 g/mol. The maximum absolute atomic E-state index is 11.7.